The zero-order valence-electron chi connectivity index (χ0n) is 8.51. The lowest BCUT2D eigenvalue weighted by Gasteiger charge is -2.06. The molecule has 1 rings (SSSR count). The maximum atomic E-state index is 11.3. The summed E-state index contributed by atoms with van der Waals surface area (Å²) in [7, 11) is 2.14. The van der Waals surface area contributed by atoms with Gasteiger partial charge in [0.15, 0.2) is 0 Å². The van der Waals surface area contributed by atoms with E-state index in [1.165, 1.54) is 0 Å². The third kappa shape index (κ3) is 3.21. The van der Waals surface area contributed by atoms with Crippen LogP contribution in [0.5, 0.6) is 0 Å². The number of halogens is 2. The van der Waals surface area contributed by atoms with Gasteiger partial charge in [-0.1, -0.05) is 17.7 Å². The fraction of sp³-hybridized carbons (Fsp3) is 0.250. The van der Waals surface area contributed by atoms with E-state index in [1.54, 1.807) is 0 Å². The molecule has 0 aromatic heterocycles. The van der Waals surface area contributed by atoms with E-state index in [0.29, 0.717) is 0 Å². The van der Waals surface area contributed by atoms with Crippen molar-refractivity contribution >= 4 is 31.3 Å². The maximum absolute atomic E-state index is 11.3. The number of nitro groups is 1. The van der Waals surface area contributed by atoms with Crippen LogP contribution in [0.15, 0.2) is 33.5 Å². The Labute approximate surface area is 107 Å². The number of hydrogen-bond donors (Lipinski definition) is 0. The van der Waals surface area contributed by atoms with Crippen molar-refractivity contribution in [2.45, 2.75) is 6.42 Å². The van der Waals surface area contributed by atoms with Crippen LogP contribution in [0.3, 0.4) is 0 Å². The van der Waals surface area contributed by atoms with Crippen molar-refractivity contribution in [2.24, 2.45) is 0 Å². The van der Waals surface area contributed by atoms with Gasteiger partial charge in [-0.15, -0.1) is 0 Å². The highest BCUT2D eigenvalue weighted by Crippen LogP contribution is 2.30. The summed E-state index contributed by atoms with van der Waals surface area (Å²) in [5.41, 5.74) is -0.550. The normalized spacial score (nSPS) is 17.1. The first-order valence-corrected chi connectivity index (χ1v) is 6.90. The quantitative estimate of drug-likeness (QED) is 0.452. The Morgan fingerprint density at radius 1 is 1.53 bits per heavy atom. The highest BCUT2D eigenvalue weighted by molar-refractivity contribution is 8.17. The van der Waals surface area contributed by atoms with Gasteiger partial charge in [0.05, 0.1) is 12.0 Å². The van der Waals surface area contributed by atoms with E-state index in [1.807, 2.05) is 0 Å². The molecule has 0 radical (unpaired) electrons. The Morgan fingerprint density at radius 2 is 2.12 bits per heavy atom. The molecule has 94 valence electrons. The lowest BCUT2D eigenvalue weighted by atomic mass is 10.3. The Hall–Kier alpha value is -1.05. The smallest absolute Gasteiger partial charge is 0.313 e. The minimum absolute atomic E-state index is 0.0209. The highest BCUT2D eigenvalue weighted by atomic mass is 35.7. The first-order chi connectivity index (χ1) is 7.77. The first-order valence-electron chi connectivity index (χ1n) is 4.21. The summed E-state index contributed by atoms with van der Waals surface area (Å²) in [6.07, 6.45) is 2.22. The SMILES string of the molecule is COC1=C([N+](=O)[O-])C=C(Cl)CC=C1S(=O)(=O)Cl. The van der Waals surface area contributed by atoms with E-state index < -0.39 is 30.3 Å². The number of nitrogens with zero attached hydrogens (tertiary/aromatic N) is 1. The van der Waals surface area contributed by atoms with Crippen LogP contribution in [0, 0.1) is 10.1 Å². The van der Waals surface area contributed by atoms with Crippen molar-refractivity contribution in [2.75, 3.05) is 7.11 Å². The number of allylic oxidation sites excluding steroid dienone is 3. The summed E-state index contributed by atoms with van der Waals surface area (Å²) in [4.78, 5) is 9.55. The van der Waals surface area contributed by atoms with E-state index in [0.717, 1.165) is 19.3 Å². The molecular weight excluding hydrogens is 293 g/mol. The number of hydrogen-bond acceptors (Lipinski definition) is 5. The second-order valence-corrected chi connectivity index (χ2v) is 6.00. The molecule has 0 atom stereocenters. The zero-order chi connectivity index (χ0) is 13.2. The standard InChI is InChI=1S/C8H7Cl2NO5S/c1-16-8-6(11(12)13)4-5(9)2-3-7(8)17(10,14)15/h3-4H,2H2,1H3. The van der Waals surface area contributed by atoms with Crippen molar-refractivity contribution in [3.63, 3.8) is 0 Å². The second-order valence-electron chi connectivity index (χ2n) is 2.98. The molecule has 0 spiro atoms. The van der Waals surface area contributed by atoms with Gasteiger partial charge in [-0.05, 0) is 0 Å². The molecule has 0 bridgehead atoms. The molecule has 0 aliphatic heterocycles. The zero-order valence-corrected chi connectivity index (χ0v) is 10.8. The molecule has 1 aliphatic rings. The van der Waals surface area contributed by atoms with Crippen LogP contribution in [0.2, 0.25) is 0 Å². The van der Waals surface area contributed by atoms with Crippen molar-refractivity contribution in [1.29, 1.82) is 0 Å². The summed E-state index contributed by atoms with van der Waals surface area (Å²) in [6, 6.07) is 0. The van der Waals surface area contributed by atoms with Crippen LogP contribution in [0.1, 0.15) is 6.42 Å². The summed E-state index contributed by atoms with van der Waals surface area (Å²) < 4.78 is 27.3. The van der Waals surface area contributed by atoms with Crippen LogP contribution in [-0.4, -0.2) is 20.5 Å². The summed E-state index contributed by atoms with van der Waals surface area (Å²) in [6.45, 7) is 0. The topological polar surface area (TPSA) is 86.5 Å². The molecule has 0 amide bonds. The number of methoxy groups -OCH3 is 1. The number of ether oxygens (including phenoxy) is 1. The third-order valence-electron chi connectivity index (χ3n) is 1.90. The van der Waals surface area contributed by atoms with Crippen LogP contribution in [0.25, 0.3) is 0 Å². The summed E-state index contributed by atoms with van der Waals surface area (Å²) in [5, 5.41) is 10.9. The van der Waals surface area contributed by atoms with Crippen LogP contribution in [-0.2, 0) is 13.8 Å². The molecule has 17 heavy (non-hydrogen) atoms. The van der Waals surface area contributed by atoms with Crippen molar-refractivity contribution in [1.82, 2.24) is 0 Å². The van der Waals surface area contributed by atoms with E-state index >= 15 is 0 Å². The van der Waals surface area contributed by atoms with Crippen molar-refractivity contribution in [3.05, 3.63) is 43.7 Å². The van der Waals surface area contributed by atoms with Gasteiger partial charge in [0.2, 0.25) is 5.76 Å². The predicted molar refractivity (Wildman–Crippen MR) is 62.4 cm³/mol. The molecule has 0 fully saturated rings. The molecule has 0 unspecified atom stereocenters. The average molecular weight is 300 g/mol. The molecule has 0 saturated carbocycles. The molecule has 9 heteroatoms. The monoisotopic (exact) mass is 299 g/mol. The largest absolute Gasteiger partial charge is 0.489 e. The van der Waals surface area contributed by atoms with E-state index in [2.05, 4.69) is 0 Å². The Morgan fingerprint density at radius 3 is 2.53 bits per heavy atom. The Kier molecular flexibility index (Phi) is 4.18. The predicted octanol–water partition coefficient (Wildman–Crippen LogP) is 2.10. The van der Waals surface area contributed by atoms with Crippen molar-refractivity contribution < 1.29 is 18.1 Å². The van der Waals surface area contributed by atoms with E-state index in [-0.39, 0.29) is 11.5 Å². The lowest BCUT2D eigenvalue weighted by Crippen LogP contribution is -2.08. The van der Waals surface area contributed by atoms with Gasteiger partial charge in [0.25, 0.3) is 9.05 Å². The minimum Gasteiger partial charge on any atom is -0.489 e. The minimum atomic E-state index is -4.15. The highest BCUT2D eigenvalue weighted by Gasteiger charge is 2.30. The van der Waals surface area contributed by atoms with E-state index in [9.17, 15) is 18.5 Å². The van der Waals surface area contributed by atoms with Crippen LogP contribution < -0.4 is 0 Å². The van der Waals surface area contributed by atoms with Gasteiger partial charge >= 0.3 is 5.70 Å². The van der Waals surface area contributed by atoms with Crippen LogP contribution in [0.4, 0.5) is 0 Å². The molecule has 1 aliphatic carbocycles. The van der Waals surface area contributed by atoms with Crippen LogP contribution >= 0.6 is 22.3 Å². The van der Waals surface area contributed by atoms with Gasteiger partial charge in [0, 0.05) is 28.2 Å². The Bertz CT molecular complexity index is 546. The first kappa shape index (κ1) is 14.0. The lowest BCUT2D eigenvalue weighted by molar-refractivity contribution is -0.421. The fourth-order valence-corrected chi connectivity index (χ4v) is 2.50. The second kappa shape index (κ2) is 5.07. The molecule has 0 heterocycles. The van der Waals surface area contributed by atoms with Gasteiger partial charge in [-0.25, -0.2) is 8.42 Å². The fourth-order valence-electron chi connectivity index (χ4n) is 1.23. The van der Waals surface area contributed by atoms with Gasteiger partial charge in [-0.3, -0.25) is 10.1 Å². The Balaban J connectivity index is 3.55. The van der Waals surface area contributed by atoms with Crippen molar-refractivity contribution in [3.8, 4) is 0 Å². The molecule has 0 N–H and O–H groups in total. The summed E-state index contributed by atoms with van der Waals surface area (Å²) >= 11 is 5.68. The molecule has 6 nitrogen and oxygen atoms in total. The van der Waals surface area contributed by atoms with Gasteiger partial charge in [-0.2, -0.15) is 0 Å². The average Bonchev–Trinajstić information content (AvgIpc) is 2.35. The maximum Gasteiger partial charge on any atom is 0.313 e. The molecule has 0 aromatic rings. The molecular formula is C8H7Cl2NO5S. The van der Waals surface area contributed by atoms with E-state index in [4.69, 9.17) is 27.0 Å². The molecule has 0 saturated heterocycles. The van der Waals surface area contributed by atoms with Gasteiger partial charge < -0.3 is 4.74 Å². The number of rotatable bonds is 3. The van der Waals surface area contributed by atoms with Gasteiger partial charge in [0.1, 0.15) is 4.91 Å². The summed E-state index contributed by atoms with van der Waals surface area (Å²) in [5.74, 6) is -0.430. The third-order valence-corrected chi connectivity index (χ3v) is 3.54. The molecule has 0 aromatic carbocycles.